The Labute approximate surface area is 245 Å². The molecule has 0 radical (unpaired) electrons. The first-order valence-electron chi connectivity index (χ1n) is 16.6. The van der Waals surface area contributed by atoms with Crippen molar-refractivity contribution in [2.45, 2.75) is 144 Å². The Morgan fingerprint density at radius 1 is 1.02 bits per heavy atom. The topological polar surface area (TPSA) is 64.6 Å². The van der Waals surface area contributed by atoms with Gasteiger partial charge >= 0.3 is 12.1 Å². The van der Waals surface area contributed by atoms with Crippen LogP contribution in [-0.2, 0) is 14.3 Å². The predicted molar refractivity (Wildman–Crippen MR) is 162 cm³/mol. The van der Waals surface area contributed by atoms with Gasteiger partial charge in [0.1, 0.15) is 11.7 Å². The van der Waals surface area contributed by atoms with Crippen molar-refractivity contribution >= 4 is 12.1 Å². The number of ether oxygens (including phenoxy) is 2. The largest absolute Gasteiger partial charge is 0.462 e. The molecule has 3 saturated carbocycles. The summed E-state index contributed by atoms with van der Waals surface area (Å²) in [4.78, 5) is 24.4. The van der Waals surface area contributed by atoms with Gasteiger partial charge < -0.3 is 14.8 Å². The highest BCUT2D eigenvalue weighted by molar-refractivity contribution is 5.72. The minimum atomic E-state index is -0.548. The van der Waals surface area contributed by atoms with E-state index < -0.39 is 11.7 Å². The smallest absolute Gasteiger partial charge is 0.407 e. The van der Waals surface area contributed by atoms with Crippen molar-refractivity contribution in [3.63, 3.8) is 0 Å². The summed E-state index contributed by atoms with van der Waals surface area (Å²) in [7, 11) is 0. The second-order valence-corrected chi connectivity index (χ2v) is 15.8. The van der Waals surface area contributed by atoms with Crippen molar-refractivity contribution in [2.24, 2.45) is 46.3 Å². The molecule has 0 spiro atoms. The zero-order valence-corrected chi connectivity index (χ0v) is 26.9. The minimum Gasteiger partial charge on any atom is -0.462 e. The van der Waals surface area contributed by atoms with E-state index in [9.17, 15) is 9.59 Å². The SMILES string of the molecule is CC(C)CCC[C@@H](C)[C@H]1CCC2C3CC=C4CC(OC(=O)CCNC(=O)OC(C)(C)C)CC[C@]4(C)C3CC[C@@]21C. The normalized spacial score (nSPS) is 36.1. The third-order valence-electron chi connectivity index (χ3n) is 11.6. The highest BCUT2D eigenvalue weighted by Crippen LogP contribution is 2.67. The number of allylic oxidation sites excluding steroid dienone is 1. The molecule has 5 heteroatoms. The lowest BCUT2D eigenvalue weighted by molar-refractivity contribution is -0.151. The van der Waals surface area contributed by atoms with E-state index in [0.29, 0.717) is 5.41 Å². The van der Waals surface area contributed by atoms with Gasteiger partial charge in [-0.05, 0) is 112 Å². The van der Waals surface area contributed by atoms with E-state index >= 15 is 0 Å². The monoisotopic (exact) mass is 557 g/mol. The van der Waals surface area contributed by atoms with Gasteiger partial charge in [0.05, 0.1) is 6.42 Å². The summed E-state index contributed by atoms with van der Waals surface area (Å²) >= 11 is 0. The maximum absolute atomic E-state index is 12.6. The maximum atomic E-state index is 12.6. The second kappa shape index (κ2) is 12.4. The van der Waals surface area contributed by atoms with Gasteiger partial charge in [0, 0.05) is 13.0 Å². The van der Waals surface area contributed by atoms with Crippen LogP contribution in [0.2, 0.25) is 0 Å². The van der Waals surface area contributed by atoms with Crippen LogP contribution in [0.5, 0.6) is 0 Å². The Kier molecular flexibility index (Phi) is 9.72. The van der Waals surface area contributed by atoms with Gasteiger partial charge in [-0.2, -0.15) is 0 Å². The van der Waals surface area contributed by atoms with Gasteiger partial charge in [0.15, 0.2) is 0 Å². The number of hydrogen-bond acceptors (Lipinski definition) is 4. The van der Waals surface area contributed by atoms with E-state index in [-0.39, 0.29) is 30.5 Å². The molecule has 0 heterocycles. The van der Waals surface area contributed by atoms with Crippen molar-refractivity contribution < 1.29 is 19.1 Å². The van der Waals surface area contributed by atoms with Gasteiger partial charge in [0.2, 0.25) is 0 Å². The number of amides is 1. The van der Waals surface area contributed by atoms with Crippen molar-refractivity contribution in [1.82, 2.24) is 5.32 Å². The molecular weight excluding hydrogens is 498 g/mol. The minimum absolute atomic E-state index is 0.0405. The molecule has 5 nitrogen and oxygen atoms in total. The Bertz CT molecular complexity index is 934. The number of nitrogens with one attached hydrogen (secondary N) is 1. The Balaban J connectivity index is 1.31. The van der Waals surface area contributed by atoms with Crippen LogP contribution in [0.25, 0.3) is 0 Å². The average molecular weight is 558 g/mol. The van der Waals surface area contributed by atoms with E-state index in [4.69, 9.17) is 9.47 Å². The first-order valence-corrected chi connectivity index (χ1v) is 16.6. The predicted octanol–water partition coefficient (Wildman–Crippen LogP) is 8.85. The first-order chi connectivity index (χ1) is 18.7. The average Bonchev–Trinajstić information content (AvgIpc) is 3.20. The number of carbonyl (C=O) groups is 2. The lowest BCUT2D eigenvalue weighted by Crippen LogP contribution is -2.51. The van der Waals surface area contributed by atoms with Crippen LogP contribution in [0, 0.1) is 46.3 Å². The van der Waals surface area contributed by atoms with Gasteiger partial charge in [-0.15, -0.1) is 0 Å². The molecule has 0 saturated heterocycles. The summed E-state index contributed by atoms with van der Waals surface area (Å²) in [6.07, 6.45) is 16.1. The van der Waals surface area contributed by atoms with E-state index in [1.807, 2.05) is 20.8 Å². The molecule has 4 unspecified atom stereocenters. The van der Waals surface area contributed by atoms with Crippen molar-refractivity contribution in [1.29, 1.82) is 0 Å². The zero-order valence-electron chi connectivity index (χ0n) is 26.9. The fourth-order valence-corrected chi connectivity index (χ4v) is 9.58. The first kappa shape index (κ1) is 31.4. The van der Waals surface area contributed by atoms with E-state index in [1.165, 1.54) is 51.4 Å². The lowest BCUT2D eigenvalue weighted by atomic mass is 9.47. The zero-order chi connectivity index (χ0) is 29.3. The second-order valence-electron chi connectivity index (χ2n) is 15.8. The third kappa shape index (κ3) is 6.92. The molecule has 8 atom stereocenters. The van der Waals surface area contributed by atoms with Gasteiger partial charge in [-0.3, -0.25) is 4.79 Å². The molecule has 0 aromatic heterocycles. The molecule has 40 heavy (non-hydrogen) atoms. The number of alkyl carbamates (subject to hydrolysis) is 1. The molecule has 3 fully saturated rings. The summed E-state index contributed by atoms with van der Waals surface area (Å²) in [5.74, 6) is 4.79. The summed E-state index contributed by atoms with van der Waals surface area (Å²) in [6.45, 7) is 18.2. The van der Waals surface area contributed by atoms with Crippen LogP contribution in [0.4, 0.5) is 4.79 Å². The van der Waals surface area contributed by atoms with Crippen molar-refractivity contribution in [2.75, 3.05) is 6.54 Å². The van der Waals surface area contributed by atoms with Crippen LogP contribution >= 0.6 is 0 Å². The van der Waals surface area contributed by atoms with Gasteiger partial charge in [0.25, 0.3) is 0 Å². The maximum Gasteiger partial charge on any atom is 0.407 e. The molecule has 228 valence electrons. The summed E-state index contributed by atoms with van der Waals surface area (Å²) in [5.41, 5.74) is 1.77. The number of carbonyl (C=O) groups excluding carboxylic acids is 2. The fraction of sp³-hybridized carbons (Fsp3) is 0.886. The molecule has 0 bridgehead atoms. The molecule has 0 aromatic rings. The summed E-state index contributed by atoms with van der Waals surface area (Å²) in [6, 6.07) is 0. The molecule has 4 aliphatic carbocycles. The van der Waals surface area contributed by atoms with Crippen molar-refractivity contribution in [3.05, 3.63) is 11.6 Å². The van der Waals surface area contributed by atoms with Gasteiger partial charge in [-0.1, -0.05) is 65.5 Å². The molecule has 4 rings (SSSR count). The summed E-state index contributed by atoms with van der Waals surface area (Å²) in [5, 5.41) is 2.66. The van der Waals surface area contributed by atoms with E-state index in [0.717, 1.165) is 54.8 Å². The third-order valence-corrected chi connectivity index (χ3v) is 11.6. The van der Waals surface area contributed by atoms with E-state index in [2.05, 4.69) is 46.0 Å². The standard InChI is InChI=1S/C35H59NO4/c1-23(2)10-9-11-24(3)28-14-15-29-27-13-12-25-22-26(16-19-34(25,7)30(27)17-20-35(28,29)8)39-31(37)18-21-36-32(38)40-33(4,5)6/h12,23-24,26-30H,9-11,13-22H2,1-8H3,(H,36,38)/t24-,26?,27?,28-,29?,30?,34+,35-/m1/s1. The van der Waals surface area contributed by atoms with Crippen molar-refractivity contribution in [3.8, 4) is 0 Å². The molecule has 1 N–H and O–H groups in total. The van der Waals surface area contributed by atoms with Gasteiger partial charge in [-0.25, -0.2) is 4.79 Å². The van der Waals surface area contributed by atoms with E-state index in [1.54, 1.807) is 5.57 Å². The molecule has 1 amide bonds. The fourth-order valence-electron chi connectivity index (χ4n) is 9.58. The van der Waals surface area contributed by atoms with Crippen LogP contribution in [0.15, 0.2) is 11.6 Å². The summed E-state index contributed by atoms with van der Waals surface area (Å²) < 4.78 is 11.2. The highest BCUT2D eigenvalue weighted by Gasteiger charge is 2.59. The van der Waals surface area contributed by atoms with Crippen LogP contribution in [0.3, 0.4) is 0 Å². The highest BCUT2D eigenvalue weighted by atomic mass is 16.6. The lowest BCUT2D eigenvalue weighted by Gasteiger charge is -2.58. The number of esters is 1. The Morgan fingerprint density at radius 3 is 2.48 bits per heavy atom. The Hall–Kier alpha value is -1.52. The van der Waals surface area contributed by atoms with Crippen LogP contribution < -0.4 is 5.32 Å². The quantitative estimate of drug-likeness (QED) is 0.227. The molecular formula is C35H59NO4. The molecule has 0 aromatic carbocycles. The molecule has 4 aliphatic rings. The van der Waals surface area contributed by atoms with Crippen LogP contribution in [0.1, 0.15) is 132 Å². The molecule has 0 aliphatic heterocycles. The number of hydrogen-bond donors (Lipinski definition) is 1. The number of fused-ring (bicyclic) bond motifs is 5. The number of rotatable bonds is 9. The van der Waals surface area contributed by atoms with Crippen LogP contribution in [-0.4, -0.2) is 30.3 Å². The Morgan fingerprint density at radius 2 is 1.77 bits per heavy atom.